The second-order valence-electron chi connectivity index (χ2n) is 3.70. The molecule has 0 fully saturated rings. The fraction of sp³-hybridized carbons (Fsp3) is 0.0909. The van der Waals surface area contributed by atoms with Gasteiger partial charge in [0, 0.05) is 11.5 Å². The molecule has 92 valence electrons. The van der Waals surface area contributed by atoms with Gasteiger partial charge in [0.1, 0.15) is 5.75 Å². The number of methoxy groups -OCH3 is 1. The van der Waals surface area contributed by atoms with Gasteiger partial charge in [-0.05, 0) is 18.2 Å². The van der Waals surface area contributed by atoms with Gasteiger partial charge < -0.3 is 4.74 Å². The first-order valence-electron chi connectivity index (χ1n) is 5.15. The van der Waals surface area contributed by atoms with Crippen LogP contribution in [0.4, 0.5) is 0 Å². The van der Waals surface area contributed by atoms with E-state index in [1.807, 2.05) is 12.1 Å². The number of nitrogens with one attached hydrogen (secondary N) is 1. The van der Waals surface area contributed by atoms with Crippen LogP contribution in [0.1, 0.15) is 0 Å². The van der Waals surface area contributed by atoms with Gasteiger partial charge in [0.2, 0.25) is 0 Å². The average molecular weight is 263 g/mol. The molecule has 3 rings (SSSR count). The number of fused-ring (bicyclic) bond motifs is 1. The van der Waals surface area contributed by atoms with Gasteiger partial charge in [-0.1, -0.05) is 0 Å². The lowest BCUT2D eigenvalue weighted by atomic mass is 10.2. The summed E-state index contributed by atoms with van der Waals surface area (Å²) in [5.74, 6) is 0.346. The summed E-state index contributed by atoms with van der Waals surface area (Å²) in [5, 5.41) is 5.33. The quantitative estimate of drug-likeness (QED) is 0.862. The number of amides is 1. The highest BCUT2D eigenvalue weighted by Crippen LogP contribution is 2.24. The van der Waals surface area contributed by atoms with Crippen molar-refractivity contribution in [1.82, 2.24) is 14.5 Å². The molecule has 1 unspecified atom stereocenters. The van der Waals surface area contributed by atoms with Crippen molar-refractivity contribution < 1.29 is 13.7 Å². The van der Waals surface area contributed by atoms with E-state index in [0.29, 0.717) is 5.03 Å². The van der Waals surface area contributed by atoms with E-state index in [1.165, 1.54) is 10.8 Å². The molecule has 1 atom stereocenters. The van der Waals surface area contributed by atoms with Gasteiger partial charge in [-0.15, -0.1) is 0 Å². The Morgan fingerprint density at radius 3 is 2.94 bits per heavy atom. The standard InChI is InChI=1S/C11H9N3O3S/c1-17-8-2-3-9-7(4-8)6-12-14(9)11-5-10(15)13-18(11)16/h2-6H,1H3,(H,13,15). The van der Waals surface area contributed by atoms with Crippen molar-refractivity contribution in [3.8, 4) is 5.75 Å². The Labute approximate surface area is 105 Å². The summed E-state index contributed by atoms with van der Waals surface area (Å²) >= 11 is 0. The average Bonchev–Trinajstić information content (AvgIpc) is 2.91. The lowest BCUT2D eigenvalue weighted by molar-refractivity contribution is -0.114. The molecule has 0 spiro atoms. The second kappa shape index (κ2) is 3.95. The molecule has 7 heteroatoms. The molecule has 1 aromatic heterocycles. The topological polar surface area (TPSA) is 73.2 Å². The first-order chi connectivity index (χ1) is 8.69. The van der Waals surface area contributed by atoms with Crippen LogP contribution in [0.2, 0.25) is 0 Å². The maximum atomic E-state index is 11.7. The highest BCUT2D eigenvalue weighted by atomic mass is 32.2. The molecule has 0 saturated carbocycles. The molecular weight excluding hydrogens is 254 g/mol. The summed E-state index contributed by atoms with van der Waals surface area (Å²) in [4.78, 5) is 11.2. The van der Waals surface area contributed by atoms with Gasteiger partial charge in [-0.3, -0.25) is 9.52 Å². The minimum atomic E-state index is -1.55. The van der Waals surface area contributed by atoms with Crippen LogP contribution in [0.15, 0.2) is 30.5 Å². The lowest BCUT2D eigenvalue weighted by Gasteiger charge is -2.03. The molecule has 0 aliphatic carbocycles. The Balaban J connectivity index is 2.17. The number of carbonyl (C=O) groups excluding carboxylic acids is 1. The Kier molecular flexibility index (Phi) is 2.41. The van der Waals surface area contributed by atoms with E-state index in [4.69, 9.17) is 4.74 Å². The summed E-state index contributed by atoms with van der Waals surface area (Å²) < 4.78 is 20.6. The number of rotatable bonds is 2. The van der Waals surface area contributed by atoms with Crippen molar-refractivity contribution in [2.45, 2.75) is 0 Å². The predicted octanol–water partition coefficient (Wildman–Crippen LogP) is 0.637. The number of hydrogen-bond acceptors (Lipinski definition) is 4. The number of aromatic nitrogens is 2. The van der Waals surface area contributed by atoms with Gasteiger partial charge in [0.05, 0.1) is 18.8 Å². The normalized spacial score (nSPS) is 18.8. The van der Waals surface area contributed by atoms with Gasteiger partial charge in [0.25, 0.3) is 5.91 Å². The molecule has 0 bridgehead atoms. The third kappa shape index (κ3) is 1.60. The summed E-state index contributed by atoms with van der Waals surface area (Å²) in [6.07, 6.45) is 2.92. The summed E-state index contributed by atoms with van der Waals surface area (Å²) in [6, 6.07) is 5.42. The Hall–Kier alpha value is -2.15. The minimum absolute atomic E-state index is 0.333. The molecule has 1 amide bonds. The first-order valence-corrected chi connectivity index (χ1v) is 6.30. The maximum absolute atomic E-state index is 11.7. The molecule has 6 nitrogen and oxygen atoms in total. The van der Waals surface area contributed by atoms with Gasteiger partial charge in [-0.25, -0.2) is 8.89 Å². The predicted molar refractivity (Wildman–Crippen MR) is 66.8 cm³/mol. The number of benzene rings is 1. The molecule has 2 heterocycles. The molecule has 18 heavy (non-hydrogen) atoms. The van der Waals surface area contributed by atoms with E-state index in [2.05, 4.69) is 9.82 Å². The molecule has 1 N–H and O–H groups in total. The number of nitrogens with zero attached hydrogens (tertiary/aromatic N) is 2. The highest BCUT2D eigenvalue weighted by molar-refractivity contribution is 7.93. The molecule has 1 aliphatic rings. The lowest BCUT2D eigenvalue weighted by Crippen LogP contribution is -2.17. The molecule has 1 aromatic carbocycles. The van der Waals surface area contributed by atoms with Crippen LogP contribution in [0.3, 0.4) is 0 Å². The van der Waals surface area contributed by atoms with Gasteiger partial charge >= 0.3 is 0 Å². The number of hydrogen-bond donors (Lipinski definition) is 1. The van der Waals surface area contributed by atoms with E-state index in [9.17, 15) is 9.00 Å². The molecule has 2 aromatic rings. The van der Waals surface area contributed by atoms with Crippen molar-refractivity contribution in [2.24, 2.45) is 0 Å². The molecule has 0 saturated heterocycles. The van der Waals surface area contributed by atoms with E-state index >= 15 is 0 Å². The monoisotopic (exact) mass is 263 g/mol. The van der Waals surface area contributed by atoms with Crippen LogP contribution >= 0.6 is 0 Å². The molecule has 0 radical (unpaired) electrons. The van der Waals surface area contributed by atoms with Crippen LogP contribution in [-0.4, -0.2) is 27.0 Å². The van der Waals surface area contributed by atoms with Gasteiger partial charge in [-0.2, -0.15) is 5.10 Å². The van der Waals surface area contributed by atoms with Crippen LogP contribution < -0.4 is 9.46 Å². The number of carbonyl (C=O) groups is 1. The fourth-order valence-electron chi connectivity index (χ4n) is 1.79. The third-order valence-corrected chi connectivity index (χ3v) is 3.68. The van der Waals surface area contributed by atoms with E-state index < -0.39 is 11.0 Å². The SMILES string of the molecule is COc1ccc2c(cnn2C2=CC(=O)NS2=O)c1. The smallest absolute Gasteiger partial charge is 0.258 e. The van der Waals surface area contributed by atoms with E-state index in [0.717, 1.165) is 16.7 Å². The van der Waals surface area contributed by atoms with Crippen LogP contribution in [0.5, 0.6) is 5.75 Å². The largest absolute Gasteiger partial charge is 0.497 e. The highest BCUT2D eigenvalue weighted by Gasteiger charge is 2.23. The third-order valence-electron chi connectivity index (χ3n) is 2.62. The Morgan fingerprint density at radius 2 is 2.28 bits per heavy atom. The Bertz CT molecular complexity index is 705. The van der Waals surface area contributed by atoms with Gasteiger partial charge in [0.15, 0.2) is 16.0 Å². The van der Waals surface area contributed by atoms with Crippen LogP contribution in [0.25, 0.3) is 15.9 Å². The van der Waals surface area contributed by atoms with Crippen LogP contribution in [-0.2, 0) is 15.8 Å². The van der Waals surface area contributed by atoms with E-state index in [-0.39, 0.29) is 5.91 Å². The second-order valence-corrected chi connectivity index (χ2v) is 4.86. The minimum Gasteiger partial charge on any atom is -0.497 e. The maximum Gasteiger partial charge on any atom is 0.258 e. The van der Waals surface area contributed by atoms with Crippen molar-refractivity contribution in [3.05, 3.63) is 30.5 Å². The summed E-state index contributed by atoms with van der Waals surface area (Å²) in [5.41, 5.74) is 0.770. The Morgan fingerprint density at radius 1 is 1.44 bits per heavy atom. The van der Waals surface area contributed by atoms with E-state index in [1.54, 1.807) is 19.4 Å². The fourth-order valence-corrected chi connectivity index (χ4v) is 2.65. The van der Waals surface area contributed by atoms with Crippen molar-refractivity contribution in [3.63, 3.8) is 0 Å². The number of ether oxygens (including phenoxy) is 1. The van der Waals surface area contributed by atoms with Crippen LogP contribution in [0, 0.1) is 0 Å². The zero-order chi connectivity index (χ0) is 12.7. The zero-order valence-electron chi connectivity index (χ0n) is 9.41. The molecule has 1 aliphatic heterocycles. The summed E-state index contributed by atoms with van der Waals surface area (Å²) in [7, 11) is 0.0336. The van der Waals surface area contributed by atoms with Crippen molar-refractivity contribution in [2.75, 3.05) is 7.11 Å². The first kappa shape index (κ1) is 11.0. The zero-order valence-corrected chi connectivity index (χ0v) is 10.2. The summed E-state index contributed by atoms with van der Waals surface area (Å²) in [6.45, 7) is 0. The van der Waals surface area contributed by atoms with Crippen molar-refractivity contribution in [1.29, 1.82) is 0 Å². The molecular formula is C11H9N3O3S. The van der Waals surface area contributed by atoms with Crippen molar-refractivity contribution >= 4 is 32.8 Å².